The number of amides is 1. The average Bonchev–Trinajstić information content (AvgIpc) is 2.56. The van der Waals surface area contributed by atoms with Crippen molar-refractivity contribution in [2.75, 3.05) is 6.54 Å². The standard InChI is InChI=1S/C20H37NO4/c1-16(2)18(22)12-10-8-6-4-5-7-9-11-15-21-19(23)14-13-17(3)20(24)25/h16-17H,4-15H2,1-3H3,(H,21,23)(H,24,25). The van der Waals surface area contributed by atoms with Gasteiger partial charge in [-0.2, -0.15) is 0 Å². The molecule has 0 rings (SSSR count). The third-order valence-corrected chi connectivity index (χ3v) is 4.54. The minimum Gasteiger partial charge on any atom is -0.481 e. The van der Waals surface area contributed by atoms with Crippen LogP contribution in [0.4, 0.5) is 0 Å². The number of hydrogen-bond acceptors (Lipinski definition) is 3. The van der Waals surface area contributed by atoms with E-state index in [2.05, 4.69) is 5.32 Å². The lowest BCUT2D eigenvalue weighted by Crippen LogP contribution is -2.25. The molecule has 0 aliphatic heterocycles. The van der Waals surface area contributed by atoms with Crippen LogP contribution in [-0.2, 0) is 14.4 Å². The average molecular weight is 356 g/mol. The van der Waals surface area contributed by atoms with Crippen molar-refractivity contribution >= 4 is 17.7 Å². The number of carbonyl (C=O) groups is 3. The molecule has 25 heavy (non-hydrogen) atoms. The molecule has 5 nitrogen and oxygen atoms in total. The molecule has 1 amide bonds. The Hall–Kier alpha value is -1.39. The maximum atomic E-state index is 11.6. The van der Waals surface area contributed by atoms with Gasteiger partial charge in [0.1, 0.15) is 5.78 Å². The highest BCUT2D eigenvalue weighted by Gasteiger charge is 2.12. The molecule has 0 aliphatic carbocycles. The summed E-state index contributed by atoms with van der Waals surface area (Å²) in [5.41, 5.74) is 0. The van der Waals surface area contributed by atoms with Gasteiger partial charge < -0.3 is 10.4 Å². The van der Waals surface area contributed by atoms with Crippen molar-refractivity contribution in [2.24, 2.45) is 11.8 Å². The molecule has 1 unspecified atom stereocenters. The zero-order valence-electron chi connectivity index (χ0n) is 16.3. The molecule has 0 fully saturated rings. The fourth-order valence-corrected chi connectivity index (χ4v) is 2.56. The number of carbonyl (C=O) groups excluding carboxylic acids is 2. The number of hydrogen-bond donors (Lipinski definition) is 2. The zero-order valence-corrected chi connectivity index (χ0v) is 16.3. The number of aliphatic carboxylic acids is 1. The van der Waals surface area contributed by atoms with Gasteiger partial charge in [0, 0.05) is 25.3 Å². The Morgan fingerprint density at radius 2 is 1.32 bits per heavy atom. The van der Waals surface area contributed by atoms with Crippen LogP contribution in [0.3, 0.4) is 0 Å². The first-order valence-electron chi connectivity index (χ1n) is 9.86. The summed E-state index contributed by atoms with van der Waals surface area (Å²) < 4.78 is 0. The summed E-state index contributed by atoms with van der Waals surface area (Å²) in [6, 6.07) is 0. The van der Waals surface area contributed by atoms with Crippen LogP contribution >= 0.6 is 0 Å². The fourth-order valence-electron chi connectivity index (χ4n) is 2.56. The zero-order chi connectivity index (χ0) is 19.1. The van der Waals surface area contributed by atoms with Gasteiger partial charge in [-0.05, 0) is 19.3 Å². The molecule has 0 heterocycles. The predicted molar refractivity (Wildman–Crippen MR) is 100 cm³/mol. The molecule has 0 aromatic heterocycles. The second-order valence-electron chi connectivity index (χ2n) is 7.33. The number of ketones is 1. The molecule has 1 atom stereocenters. The summed E-state index contributed by atoms with van der Waals surface area (Å²) in [6.07, 6.45) is 10.4. The topological polar surface area (TPSA) is 83.5 Å². The highest BCUT2D eigenvalue weighted by Crippen LogP contribution is 2.11. The van der Waals surface area contributed by atoms with E-state index >= 15 is 0 Å². The number of carboxylic acid groups (broad SMARTS) is 1. The first-order chi connectivity index (χ1) is 11.8. The van der Waals surface area contributed by atoms with Crippen LogP contribution in [0.2, 0.25) is 0 Å². The van der Waals surface area contributed by atoms with Crippen LogP contribution in [-0.4, -0.2) is 29.3 Å². The van der Waals surface area contributed by atoms with Gasteiger partial charge in [0.05, 0.1) is 5.92 Å². The summed E-state index contributed by atoms with van der Waals surface area (Å²) in [4.78, 5) is 33.7. The second-order valence-corrected chi connectivity index (χ2v) is 7.33. The maximum absolute atomic E-state index is 11.6. The molecule has 0 bridgehead atoms. The van der Waals surface area contributed by atoms with Gasteiger partial charge >= 0.3 is 5.97 Å². The Balaban J connectivity index is 3.32. The molecular weight excluding hydrogens is 318 g/mol. The lowest BCUT2D eigenvalue weighted by atomic mass is 10.0. The molecule has 146 valence electrons. The van der Waals surface area contributed by atoms with Crippen LogP contribution in [0, 0.1) is 11.8 Å². The summed E-state index contributed by atoms with van der Waals surface area (Å²) in [5.74, 6) is -0.821. The normalized spacial score (nSPS) is 12.2. The van der Waals surface area contributed by atoms with Gasteiger partial charge in [-0.25, -0.2) is 0 Å². The van der Waals surface area contributed by atoms with Crippen LogP contribution in [0.1, 0.15) is 91.4 Å². The summed E-state index contributed by atoms with van der Waals surface area (Å²) in [6.45, 7) is 6.22. The van der Waals surface area contributed by atoms with E-state index in [1.54, 1.807) is 6.92 Å². The highest BCUT2D eigenvalue weighted by molar-refractivity contribution is 5.80. The number of unbranched alkanes of at least 4 members (excludes halogenated alkanes) is 7. The Morgan fingerprint density at radius 3 is 1.84 bits per heavy atom. The molecular formula is C20H37NO4. The summed E-state index contributed by atoms with van der Waals surface area (Å²) >= 11 is 0. The third-order valence-electron chi connectivity index (χ3n) is 4.54. The monoisotopic (exact) mass is 355 g/mol. The van der Waals surface area contributed by atoms with Gasteiger partial charge in [0.15, 0.2) is 0 Å². The lowest BCUT2D eigenvalue weighted by molar-refractivity contribution is -0.141. The molecule has 5 heteroatoms. The minimum absolute atomic E-state index is 0.0518. The molecule has 0 aliphatic rings. The number of nitrogens with one attached hydrogen (secondary N) is 1. The number of rotatable bonds is 16. The van der Waals surface area contributed by atoms with E-state index in [1.165, 1.54) is 25.7 Å². The third kappa shape index (κ3) is 14.6. The summed E-state index contributed by atoms with van der Waals surface area (Å²) in [5, 5.41) is 11.6. The molecule has 0 aromatic carbocycles. The van der Waals surface area contributed by atoms with Crippen molar-refractivity contribution in [2.45, 2.75) is 91.4 Å². The Morgan fingerprint density at radius 1 is 0.800 bits per heavy atom. The van der Waals surface area contributed by atoms with Crippen LogP contribution in [0.25, 0.3) is 0 Å². The van der Waals surface area contributed by atoms with Crippen molar-refractivity contribution in [3.63, 3.8) is 0 Å². The highest BCUT2D eigenvalue weighted by atomic mass is 16.4. The van der Waals surface area contributed by atoms with Crippen LogP contribution in [0.15, 0.2) is 0 Å². The van der Waals surface area contributed by atoms with Crippen molar-refractivity contribution in [3.05, 3.63) is 0 Å². The van der Waals surface area contributed by atoms with Gasteiger partial charge in [-0.15, -0.1) is 0 Å². The molecule has 0 aromatic rings. The molecule has 0 saturated heterocycles. The summed E-state index contributed by atoms with van der Waals surface area (Å²) in [7, 11) is 0. The number of carboxylic acids is 1. The largest absolute Gasteiger partial charge is 0.481 e. The second kappa shape index (κ2) is 14.9. The molecule has 0 spiro atoms. The lowest BCUT2D eigenvalue weighted by Gasteiger charge is -2.07. The van der Waals surface area contributed by atoms with E-state index in [0.717, 1.165) is 32.1 Å². The molecule has 0 radical (unpaired) electrons. The van der Waals surface area contributed by atoms with Crippen LogP contribution in [0.5, 0.6) is 0 Å². The first-order valence-corrected chi connectivity index (χ1v) is 9.86. The smallest absolute Gasteiger partial charge is 0.306 e. The van der Waals surface area contributed by atoms with Crippen molar-refractivity contribution < 1.29 is 19.5 Å². The minimum atomic E-state index is -0.848. The van der Waals surface area contributed by atoms with Gasteiger partial charge in [0.2, 0.25) is 5.91 Å². The van der Waals surface area contributed by atoms with Gasteiger partial charge in [0.25, 0.3) is 0 Å². The van der Waals surface area contributed by atoms with E-state index in [0.29, 0.717) is 18.7 Å². The van der Waals surface area contributed by atoms with Gasteiger partial charge in [-0.3, -0.25) is 14.4 Å². The van der Waals surface area contributed by atoms with Crippen molar-refractivity contribution in [1.82, 2.24) is 5.32 Å². The molecule has 0 saturated carbocycles. The Bertz CT molecular complexity index is 393. The van der Waals surface area contributed by atoms with Crippen LogP contribution < -0.4 is 5.32 Å². The van der Waals surface area contributed by atoms with E-state index in [-0.39, 0.29) is 18.2 Å². The Kier molecular flexibility index (Phi) is 14.1. The maximum Gasteiger partial charge on any atom is 0.306 e. The van der Waals surface area contributed by atoms with Gasteiger partial charge in [-0.1, -0.05) is 59.3 Å². The van der Waals surface area contributed by atoms with Crippen molar-refractivity contribution in [3.8, 4) is 0 Å². The number of Topliss-reactive ketones (excluding diaryl/α,β-unsaturated/α-hetero) is 1. The first kappa shape index (κ1) is 23.6. The SMILES string of the molecule is CC(C)C(=O)CCCCCCCCCCNC(=O)CCC(C)C(=O)O. The van der Waals surface area contributed by atoms with E-state index in [1.807, 2.05) is 13.8 Å². The van der Waals surface area contributed by atoms with E-state index < -0.39 is 11.9 Å². The fraction of sp³-hybridized carbons (Fsp3) is 0.850. The quantitative estimate of drug-likeness (QED) is 0.403. The van der Waals surface area contributed by atoms with E-state index in [9.17, 15) is 14.4 Å². The van der Waals surface area contributed by atoms with E-state index in [4.69, 9.17) is 5.11 Å². The molecule has 2 N–H and O–H groups in total. The Labute approximate surface area is 153 Å². The predicted octanol–water partition coefficient (Wildman–Crippen LogP) is 4.34. The van der Waals surface area contributed by atoms with Crippen molar-refractivity contribution in [1.29, 1.82) is 0 Å².